The molecule has 0 fully saturated rings. The Kier molecular flexibility index (Phi) is 2.96. The summed E-state index contributed by atoms with van der Waals surface area (Å²) in [5.74, 6) is -0.989. The summed E-state index contributed by atoms with van der Waals surface area (Å²) in [6.45, 7) is 3.00. The van der Waals surface area contributed by atoms with E-state index in [-0.39, 0.29) is 0 Å². The van der Waals surface area contributed by atoms with E-state index in [2.05, 4.69) is 10.2 Å². The molecule has 0 heterocycles. The van der Waals surface area contributed by atoms with Gasteiger partial charge in [0.05, 0.1) is 5.69 Å². The Hall–Kier alpha value is -1.71. The molecule has 74 valence electrons. The molecule has 0 aliphatic carbocycles. The van der Waals surface area contributed by atoms with Gasteiger partial charge < -0.3 is 5.11 Å². The fourth-order valence-corrected chi connectivity index (χ4v) is 0.720. The van der Waals surface area contributed by atoms with E-state index in [4.69, 9.17) is 5.11 Å². The zero-order valence-electron chi connectivity index (χ0n) is 8.14. The first kappa shape index (κ1) is 10.4. The molecule has 1 aromatic rings. The molecular formula is C10H12N2O2. The molecule has 1 rings (SSSR count). The number of benzene rings is 1. The number of carbonyl (C=O) groups is 1. The summed E-state index contributed by atoms with van der Waals surface area (Å²) in [7, 11) is 0. The van der Waals surface area contributed by atoms with E-state index < -0.39 is 11.5 Å². The molecule has 4 nitrogen and oxygen atoms in total. The third-order valence-electron chi connectivity index (χ3n) is 1.70. The number of nitrogens with zero attached hydrogens (tertiary/aromatic N) is 2. The molecular weight excluding hydrogens is 180 g/mol. The Bertz CT molecular complexity index is 344. The molecule has 0 spiro atoms. The van der Waals surface area contributed by atoms with Gasteiger partial charge in [-0.3, -0.25) is 0 Å². The van der Waals surface area contributed by atoms with Gasteiger partial charge in [-0.1, -0.05) is 18.2 Å². The molecule has 0 atom stereocenters. The number of rotatable bonds is 3. The van der Waals surface area contributed by atoms with Crippen molar-refractivity contribution in [2.45, 2.75) is 19.4 Å². The van der Waals surface area contributed by atoms with Crippen LogP contribution in [0.5, 0.6) is 0 Å². The lowest BCUT2D eigenvalue weighted by atomic mass is 10.1. The van der Waals surface area contributed by atoms with Crippen LogP contribution in [0.1, 0.15) is 13.8 Å². The highest BCUT2D eigenvalue weighted by Gasteiger charge is 2.26. The van der Waals surface area contributed by atoms with Crippen molar-refractivity contribution in [1.82, 2.24) is 0 Å². The summed E-state index contributed by atoms with van der Waals surface area (Å²) in [5, 5.41) is 16.4. The first-order valence-corrected chi connectivity index (χ1v) is 4.24. The van der Waals surface area contributed by atoms with Gasteiger partial charge in [-0.2, -0.15) is 10.2 Å². The SMILES string of the molecule is CC(C)(N=Nc1ccccc1)C(=O)O. The molecule has 4 heteroatoms. The molecule has 14 heavy (non-hydrogen) atoms. The van der Waals surface area contributed by atoms with Gasteiger partial charge in [0.2, 0.25) is 0 Å². The highest BCUT2D eigenvalue weighted by Crippen LogP contribution is 2.16. The first-order chi connectivity index (χ1) is 6.52. The van der Waals surface area contributed by atoms with Crippen molar-refractivity contribution >= 4 is 11.7 Å². The maximum absolute atomic E-state index is 10.7. The standard InChI is InChI=1S/C10H12N2O2/c1-10(2,9(13)14)12-11-8-6-4-3-5-7-8/h3-7H,1-2H3,(H,13,14). The van der Waals surface area contributed by atoms with Crippen LogP contribution in [-0.4, -0.2) is 16.6 Å². The van der Waals surface area contributed by atoms with Gasteiger partial charge in [-0.05, 0) is 26.0 Å². The maximum atomic E-state index is 10.7. The summed E-state index contributed by atoms with van der Waals surface area (Å²) in [6, 6.07) is 9.04. The summed E-state index contributed by atoms with van der Waals surface area (Å²) in [5.41, 5.74) is -0.516. The minimum absolute atomic E-state index is 0.654. The number of azo groups is 1. The third-order valence-corrected chi connectivity index (χ3v) is 1.70. The van der Waals surface area contributed by atoms with Gasteiger partial charge in [0.1, 0.15) is 0 Å². The van der Waals surface area contributed by atoms with Crippen LogP contribution in [0.2, 0.25) is 0 Å². The lowest BCUT2D eigenvalue weighted by molar-refractivity contribution is -0.142. The van der Waals surface area contributed by atoms with Crippen molar-refractivity contribution in [3.05, 3.63) is 30.3 Å². The minimum Gasteiger partial charge on any atom is -0.479 e. The van der Waals surface area contributed by atoms with Gasteiger partial charge >= 0.3 is 5.97 Å². The highest BCUT2D eigenvalue weighted by atomic mass is 16.4. The Morgan fingerprint density at radius 1 is 1.29 bits per heavy atom. The topological polar surface area (TPSA) is 62.0 Å². The van der Waals surface area contributed by atoms with Crippen LogP contribution in [0.15, 0.2) is 40.6 Å². The van der Waals surface area contributed by atoms with Gasteiger partial charge in [-0.15, -0.1) is 0 Å². The van der Waals surface area contributed by atoms with E-state index in [0.717, 1.165) is 0 Å². The van der Waals surface area contributed by atoms with Crippen LogP contribution < -0.4 is 0 Å². The summed E-state index contributed by atoms with van der Waals surface area (Å²) < 4.78 is 0. The molecule has 0 unspecified atom stereocenters. The molecule has 0 aromatic heterocycles. The Morgan fingerprint density at radius 2 is 1.86 bits per heavy atom. The van der Waals surface area contributed by atoms with Crippen molar-refractivity contribution in [3.8, 4) is 0 Å². The molecule has 0 aliphatic rings. The second-order valence-corrected chi connectivity index (χ2v) is 3.40. The Morgan fingerprint density at radius 3 is 2.36 bits per heavy atom. The average Bonchev–Trinajstić information content (AvgIpc) is 2.16. The van der Waals surface area contributed by atoms with Crippen LogP contribution in [0.25, 0.3) is 0 Å². The second kappa shape index (κ2) is 4.00. The number of carboxylic acids is 1. The number of hydrogen-bond donors (Lipinski definition) is 1. The predicted octanol–water partition coefficient (Wildman–Crippen LogP) is 2.63. The van der Waals surface area contributed by atoms with E-state index in [9.17, 15) is 4.79 Å². The molecule has 0 saturated heterocycles. The van der Waals surface area contributed by atoms with Crippen molar-refractivity contribution in [3.63, 3.8) is 0 Å². The Balaban J connectivity index is 2.79. The second-order valence-electron chi connectivity index (χ2n) is 3.40. The summed E-state index contributed by atoms with van der Waals surface area (Å²) >= 11 is 0. The third kappa shape index (κ3) is 2.65. The Labute approximate surface area is 82.3 Å². The monoisotopic (exact) mass is 192 g/mol. The molecule has 0 saturated carbocycles. The molecule has 0 bridgehead atoms. The molecule has 0 radical (unpaired) electrons. The van der Waals surface area contributed by atoms with Crippen molar-refractivity contribution in [2.24, 2.45) is 10.2 Å². The number of aliphatic carboxylic acids is 1. The van der Waals surface area contributed by atoms with Crippen LogP contribution in [0.3, 0.4) is 0 Å². The number of carboxylic acid groups (broad SMARTS) is 1. The number of hydrogen-bond acceptors (Lipinski definition) is 3. The van der Waals surface area contributed by atoms with Crippen LogP contribution in [-0.2, 0) is 4.79 Å². The minimum atomic E-state index is -1.17. The van der Waals surface area contributed by atoms with E-state index in [0.29, 0.717) is 5.69 Å². The van der Waals surface area contributed by atoms with Crippen molar-refractivity contribution in [2.75, 3.05) is 0 Å². The van der Waals surface area contributed by atoms with Gasteiger partial charge in [0.15, 0.2) is 5.54 Å². The predicted molar refractivity (Wildman–Crippen MR) is 52.7 cm³/mol. The average molecular weight is 192 g/mol. The molecule has 0 aliphatic heterocycles. The van der Waals surface area contributed by atoms with Crippen molar-refractivity contribution in [1.29, 1.82) is 0 Å². The highest BCUT2D eigenvalue weighted by molar-refractivity contribution is 5.77. The normalized spacial score (nSPS) is 11.9. The molecule has 1 N–H and O–H groups in total. The van der Waals surface area contributed by atoms with Crippen LogP contribution >= 0.6 is 0 Å². The molecule has 1 aromatic carbocycles. The van der Waals surface area contributed by atoms with E-state index in [1.54, 1.807) is 12.1 Å². The van der Waals surface area contributed by atoms with Crippen LogP contribution in [0, 0.1) is 0 Å². The smallest absolute Gasteiger partial charge is 0.332 e. The lowest BCUT2D eigenvalue weighted by Gasteiger charge is -2.10. The first-order valence-electron chi connectivity index (χ1n) is 4.24. The summed E-state index contributed by atoms with van der Waals surface area (Å²) in [4.78, 5) is 10.7. The van der Waals surface area contributed by atoms with Gasteiger partial charge in [-0.25, -0.2) is 4.79 Å². The van der Waals surface area contributed by atoms with Gasteiger partial charge in [0.25, 0.3) is 0 Å². The van der Waals surface area contributed by atoms with E-state index in [1.165, 1.54) is 13.8 Å². The summed E-state index contributed by atoms with van der Waals surface area (Å²) in [6.07, 6.45) is 0. The maximum Gasteiger partial charge on any atom is 0.332 e. The zero-order valence-corrected chi connectivity index (χ0v) is 8.14. The van der Waals surface area contributed by atoms with Crippen molar-refractivity contribution < 1.29 is 9.90 Å². The largest absolute Gasteiger partial charge is 0.479 e. The van der Waals surface area contributed by atoms with Gasteiger partial charge in [0, 0.05) is 0 Å². The fourth-order valence-electron chi connectivity index (χ4n) is 0.720. The van der Waals surface area contributed by atoms with E-state index >= 15 is 0 Å². The zero-order chi connectivity index (χ0) is 10.6. The lowest BCUT2D eigenvalue weighted by Crippen LogP contribution is -2.28. The van der Waals surface area contributed by atoms with E-state index in [1.807, 2.05) is 18.2 Å². The molecule has 0 amide bonds. The fraction of sp³-hybridized carbons (Fsp3) is 0.300. The van der Waals surface area contributed by atoms with Crippen LogP contribution in [0.4, 0.5) is 5.69 Å². The quantitative estimate of drug-likeness (QED) is 0.748.